The van der Waals surface area contributed by atoms with E-state index in [0.717, 1.165) is 27.8 Å². The fourth-order valence-electron chi connectivity index (χ4n) is 3.40. The number of hydrogen-bond donors (Lipinski definition) is 3. The van der Waals surface area contributed by atoms with Gasteiger partial charge in [-0.15, -0.1) is 11.3 Å². The van der Waals surface area contributed by atoms with Gasteiger partial charge in [-0.2, -0.15) is 0 Å². The molecule has 4 aromatic rings. The molecule has 0 fully saturated rings. The zero-order valence-corrected chi connectivity index (χ0v) is 18.5. The maximum absolute atomic E-state index is 13.0. The monoisotopic (exact) mass is 471 g/mol. The lowest BCUT2D eigenvalue weighted by atomic mass is 10.1. The van der Waals surface area contributed by atoms with Gasteiger partial charge in [0.05, 0.1) is 6.26 Å². The first-order valence-corrected chi connectivity index (χ1v) is 12.3. The molecule has 0 saturated heterocycles. The summed E-state index contributed by atoms with van der Waals surface area (Å²) in [5.41, 5.74) is 2.03. The highest BCUT2D eigenvalue weighted by molar-refractivity contribution is 7.93. The number of rotatable bonds is 8. The number of nitrogens with one attached hydrogen (secondary N) is 3. The molecule has 3 N–H and O–H groups in total. The van der Waals surface area contributed by atoms with Crippen LogP contribution in [0.4, 0.5) is 0 Å². The normalized spacial score (nSPS) is 12.5. The molecule has 8 nitrogen and oxygen atoms in total. The van der Waals surface area contributed by atoms with Gasteiger partial charge in [0.1, 0.15) is 15.2 Å². The standard InChI is InChI=1S/C22H21N3O5S2/c26-21(23-10-9-15-13-24-17-6-2-1-5-16(15)17)22(27)25-14-19(18-7-3-11-30-18)32(28,29)20-8-4-12-31-20/h1-8,11-13,19,24H,9-10,14H2,(H,23,26)(H,25,27)/t19-/m1/s1. The van der Waals surface area contributed by atoms with Crippen molar-refractivity contribution in [3.05, 3.63) is 77.7 Å². The lowest BCUT2D eigenvalue weighted by Crippen LogP contribution is -2.42. The van der Waals surface area contributed by atoms with E-state index in [2.05, 4.69) is 15.6 Å². The first-order chi connectivity index (χ1) is 15.5. The predicted molar refractivity (Wildman–Crippen MR) is 121 cm³/mol. The summed E-state index contributed by atoms with van der Waals surface area (Å²) in [6, 6.07) is 14.1. The molecule has 3 aromatic heterocycles. The Bertz CT molecular complexity index is 1310. The van der Waals surface area contributed by atoms with Gasteiger partial charge >= 0.3 is 11.8 Å². The number of carbonyl (C=O) groups is 2. The van der Waals surface area contributed by atoms with Crippen LogP contribution < -0.4 is 10.6 Å². The Labute approximate surface area is 188 Å². The number of H-pyrrole nitrogens is 1. The number of fused-ring (bicyclic) bond motifs is 1. The summed E-state index contributed by atoms with van der Waals surface area (Å²) in [5.74, 6) is -1.53. The van der Waals surface area contributed by atoms with E-state index in [1.807, 2.05) is 30.5 Å². The average Bonchev–Trinajstić information content (AvgIpc) is 3.55. The number of sulfone groups is 1. The third-order valence-electron chi connectivity index (χ3n) is 5.02. The molecule has 0 saturated carbocycles. The van der Waals surface area contributed by atoms with Crippen molar-refractivity contribution in [2.75, 3.05) is 13.1 Å². The molecular weight excluding hydrogens is 450 g/mol. The van der Waals surface area contributed by atoms with Crippen LogP contribution in [0.3, 0.4) is 0 Å². The highest BCUT2D eigenvalue weighted by atomic mass is 32.2. The molecule has 0 unspecified atom stereocenters. The van der Waals surface area contributed by atoms with Crippen LogP contribution in [0, 0.1) is 0 Å². The van der Waals surface area contributed by atoms with Gasteiger partial charge in [0, 0.05) is 30.2 Å². The van der Waals surface area contributed by atoms with E-state index < -0.39 is 26.9 Å². The summed E-state index contributed by atoms with van der Waals surface area (Å²) >= 11 is 1.08. The van der Waals surface area contributed by atoms with Crippen LogP contribution >= 0.6 is 11.3 Å². The molecule has 0 aliphatic rings. The Morgan fingerprint density at radius 1 is 1.03 bits per heavy atom. The van der Waals surface area contributed by atoms with Gasteiger partial charge in [-0.05, 0) is 41.6 Å². The Kier molecular flexibility index (Phi) is 6.42. The number of furan rings is 1. The molecule has 0 radical (unpaired) electrons. The van der Waals surface area contributed by atoms with Crippen molar-refractivity contribution in [1.82, 2.24) is 15.6 Å². The van der Waals surface area contributed by atoms with Gasteiger partial charge < -0.3 is 20.0 Å². The van der Waals surface area contributed by atoms with E-state index in [9.17, 15) is 18.0 Å². The summed E-state index contributed by atoms with van der Waals surface area (Å²) in [5, 5.41) is 6.58. The Hall–Kier alpha value is -3.37. The Balaban J connectivity index is 1.35. The van der Waals surface area contributed by atoms with E-state index in [4.69, 9.17) is 4.42 Å². The van der Waals surface area contributed by atoms with Gasteiger partial charge in [-0.25, -0.2) is 8.42 Å². The molecule has 0 aliphatic heterocycles. The van der Waals surface area contributed by atoms with Crippen molar-refractivity contribution in [3.63, 3.8) is 0 Å². The minimum atomic E-state index is -3.79. The van der Waals surface area contributed by atoms with E-state index in [1.54, 1.807) is 17.5 Å². The molecule has 1 aromatic carbocycles. The zero-order chi connectivity index (χ0) is 22.6. The third kappa shape index (κ3) is 4.61. The maximum Gasteiger partial charge on any atom is 0.309 e. The summed E-state index contributed by atoms with van der Waals surface area (Å²) in [6.07, 6.45) is 3.79. The van der Waals surface area contributed by atoms with Gasteiger partial charge in [-0.3, -0.25) is 9.59 Å². The first-order valence-electron chi connectivity index (χ1n) is 9.88. The first kappa shape index (κ1) is 21.8. The summed E-state index contributed by atoms with van der Waals surface area (Å²) in [7, 11) is -3.79. The van der Waals surface area contributed by atoms with Gasteiger partial charge in [0.15, 0.2) is 9.84 Å². The number of carbonyl (C=O) groups excluding carboxylic acids is 2. The number of thiophene rings is 1. The van der Waals surface area contributed by atoms with E-state index in [0.29, 0.717) is 6.42 Å². The molecule has 0 bridgehead atoms. The van der Waals surface area contributed by atoms with Crippen LogP contribution in [-0.2, 0) is 25.8 Å². The number of para-hydroxylation sites is 1. The van der Waals surface area contributed by atoms with Gasteiger partial charge in [0.25, 0.3) is 0 Å². The van der Waals surface area contributed by atoms with E-state index in [1.165, 1.54) is 18.4 Å². The second-order valence-corrected chi connectivity index (χ2v) is 10.4. The van der Waals surface area contributed by atoms with Crippen LogP contribution in [0.15, 0.2) is 75.0 Å². The highest BCUT2D eigenvalue weighted by Gasteiger charge is 2.33. The fourth-order valence-corrected chi connectivity index (χ4v) is 6.19. The van der Waals surface area contributed by atoms with Crippen LogP contribution in [0.25, 0.3) is 10.9 Å². The van der Waals surface area contributed by atoms with Gasteiger partial charge in [0.2, 0.25) is 0 Å². The number of aromatic nitrogens is 1. The van der Waals surface area contributed by atoms with Gasteiger partial charge in [-0.1, -0.05) is 24.3 Å². The van der Waals surface area contributed by atoms with Crippen LogP contribution in [-0.4, -0.2) is 38.3 Å². The van der Waals surface area contributed by atoms with Crippen LogP contribution in [0.1, 0.15) is 16.6 Å². The topological polar surface area (TPSA) is 121 Å². The largest absolute Gasteiger partial charge is 0.468 e. The maximum atomic E-state index is 13.0. The number of hydrogen-bond acceptors (Lipinski definition) is 6. The number of aromatic amines is 1. The average molecular weight is 472 g/mol. The molecule has 0 spiro atoms. The predicted octanol–water partition coefficient (Wildman–Crippen LogP) is 2.81. The van der Waals surface area contributed by atoms with Crippen molar-refractivity contribution >= 4 is 43.9 Å². The molecule has 32 heavy (non-hydrogen) atoms. The SMILES string of the molecule is O=C(NCCc1c[nH]c2ccccc12)C(=O)NC[C@H](c1ccco1)S(=O)(=O)c1cccs1. The van der Waals surface area contributed by atoms with Crippen molar-refractivity contribution in [3.8, 4) is 0 Å². The smallest absolute Gasteiger partial charge is 0.309 e. The highest BCUT2D eigenvalue weighted by Crippen LogP contribution is 2.31. The fraction of sp³-hybridized carbons (Fsp3) is 0.182. The Morgan fingerprint density at radius 2 is 1.84 bits per heavy atom. The lowest BCUT2D eigenvalue weighted by Gasteiger charge is -2.15. The number of amides is 2. The quantitative estimate of drug-likeness (QED) is 0.341. The summed E-state index contributed by atoms with van der Waals surface area (Å²) in [6.45, 7) is -0.0222. The van der Waals surface area contributed by atoms with E-state index >= 15 is 0 Å². The molecule has 166 valence electrons. The van der Waals surface area contributed by atoms with Crippen molar-refractivity contribution < 1.29 is 22.4 Å². The van der Waals surface area contributed by atoms with Crippen molar-refractivity contribution in [2.45, 2.75) is 15.9 Å². The minimum Gasteiger partial charge on any atom is -0.468 e. The molecule has 2 amide bonds. The lowest BCUT2D eigenvalue weighted by molar-refractivity contribution is -0.139. The minimum absolute atomic E-state index is 0.163. The molecule has 4 rings (SSSR count). The van der Waals surface area contributed by atoms with Crippen molar-refractivity contribution in [2.24, 2.45) is 0 Å². The summed E-state index contributed by atoms with van der Waals surface area (Å²) in [4.78, 5) is 27.7. The molecule has 3 heterocycles. The Morgan fingerprint density at radius 3 is 2.59 bits per heavy atom. The third-order valence-corrected chi connectivity index (χ3v) is 8.51. The molecular formula is C22H21N3O5S2. The number of benzene rings is 1. The second-order valence-electron chi connectivity index (χ2n) is 7.06. The zero-order valence-electron chi connectivity index (χ0n) is 16.9. The van der Waals surface area contributed by atoms with Crippen molar-refractivity contribution in [1.29, 1.82) is 0 Å². The van der Waals surface area contributed by atoms with Crippen LogP contribution in [0.2, 0.25) is 0 Å². The summed E-state index contributed by atoms with van der Waals surface area (Å²) < 4.78 is 31.4. The van der Waals surface area contributed by atoms with E-state index in [-0.39, 0.29) is 23.1 Å². The molecule has 10 heteroatoms. The second kappa shape index (κ2) is 9.41. The molecule has 1 atom stereocenters. The van der Waals surface area contributed by atoms with Crippen LogP contribution in [0.5, 0.6) is 0 Å². The molecule has 0 aliphatic carbocycles.